The molecule has 1 aliphatic rings. The van der Waals surface area contributed by atoms with Gasteiger partial charge < -0.3 is 16.2 Å². The second kappa shape index (κ2) is 5.03. The lowest BCUT2D eigenvalue weighted by atomic mass is 10.1. The molecule has 0 saturated heterocycles. The van der Waals surface area contributed by atoms with Crippen molar-refractivity contribution in [2.45, 2.75) is 19.0 Å². The monoisotopic (exact) mass is 302 g/mol. The van der Waals surface area contributed by atoms with Crippen LogP contribution in [0.4, 0.5) is 18.9 Å². The van der Waals surface area contributed by atoms with Gasteiger partial charge in [-0.2, -0.15) is 13.2 Å². The van der Waals surface area contributed by atoms with E-state index in [-0.39, 0.29) is 12.2 Å². The van der Waals surface area contributed by atoms with Crippen LogP contribution in [-0.4, -0.2) is 23.5 Å². The summed E-state index contributed by atoms with van der Waals surface area (Å²) in [6, 6.07) is 2.22. The van der Waals surface area contributed by atoms with Gasteiger partial charge in [0.1, 0.15) is 0 Å². The van der Waals surface area contributed by atoms with Gasteiger partial charge in [-0.05, 0) is 31.0 Å². The Bertz CT molecular complexity index is 595. The van der Waals surface area contributed by atoms with E-state index >= 15 is 0 Å². The molecule has 0 aliphatic heterocycles. The normalized spacial score (nSPS) is 16.4. The van der Waals surface area contributed by atoms with E-state index in [0.717, 1.165) is 6.07 Å². The number of carbonyl (C=O) groups is 2. The molecular weight excluding hydrogens is 289 g/mol. The fourth-order valence-electron chi connectivity index (χ4n) is 1.93. The van der Waals surface area contributed by atoms with Crippen molar-refractivity contribution >= 4 is 17.6 Å². The Kier molecular flexibility index (Phi) is 3.66. The van der Waals surface area contributed by atoms with Crippen LogP contribution in [0.2, 0.25) is 0 Å². The molecule has 1 saturated carbocycles. The van der Waals surface area contributed by atoms with Crippen LogP contribution in [0.5, 0.6) is 0 Å². The number of nitrogens with two attached hydrogens (primary N) is 1. The molecule has 8 heteroatoms. The van der Waals surface area contributed by atoms with Crippen LogP contribution in [0.25, 0.3) is 0 Å². The van der Waals surface area contributed by atoms with Crippen molar-refractivity contribution in [2.24, 2.45) is 11.1 Å². The number of anilines is 1. The topological polar surface area (TPSA) is 92.4 Å². The molecule has 21 heavy (non-hydrogen) atoms. The van der Waals surface area contributed by atoms with Gasteiger partial charge in [-0.3, -0.25) is 4.79 Å². The number of benzene rings is 1. The van der Waals surface area contributed by atoms with Gasteiger partial charge in [-0.15, -0.1) is 0 Å². The average Bonchev–Trinajstić information content (AvgIpc) is 3.18. The van der Waals surface area contributed by atoms with E-state index in [9.17, 15) is 22.8 Å². The third kappa shape index (κ3) is 3.15. The summed E-state index contributed by atoms with van der Waals surface area (Å²) in [4.78, 5) is 22.8. The summed E-state index contributed by atoms with van der Waals surface area (Å²) in [7, 11) is 0. The Morgan fingerprint density at radius 1 is 1.29 bits per heavy atom. The first-order valence-electron chi connectivity index (χ1n) is 6.15. The molecule has 114 valence electrons. The minimum atomic E-state index is -4.70. The molecule has 5 nitrogen and oxygen atoms in total. The first-order valence-corrected chi connectivity index (χ1v) is 6.15. The first kappa shape index (κ1) is 15.3. The molecule has 1 aromatic carbocycles. The second-order valence-corrected chi connectivity index (χ2v) is 5.04. The molecule has 1 aliphatic carbocycles. The van der Waals surface area contributed by atoms with Crippen LogP contribution in [-0.2, 0) is 11.0 Å². The Morgan fingerprint density at radius 3 is 2.33 bits per heavy atom. The minimum absolute atomic E-state index is 0.101. The summed E-state index contributed by atoms with van der Waals surface area (Å²) in [5, 5.41) is 11.2. The molecule has 1 amide bonds. The van der Waals surface area contributed by atoms with E-state index < -0.39 is 34.6 Å². The van der Waals surface area contributed by atoms with Gasteiger partial charge in [0, 0.05) is 12.2 Å². The van der Waals surface area contributed by atoms with Crippen molar-refractivity contribution in [3.05, 3.63) is 29.3 Å². The average molecular weight is 302 g/mol. The van der Waals surface area contributed by atoms with Crippen LogP contribution in [0, 0.1) is 5.41 Å². The zero-order valence-corrected chi connectivity index (χ0v) is 10.8. The zero-order chi connectivity index (χ0) is 15.8. The van der Waals surface area contributed by atoms with Crippen LogP contribution in [0.15, 0.2) is 18.2 Å². The van der Waals surface area contributed by atoms with E-state index in [1.165, 1.54) is 0 Å². The first-order chi connectivity index (χ1) is 9.68. The molecule has 0 atom stereocenters. The van der Waals surface area contributed by atoms with Gasteiger partial charge in [0.25, 0.3) is 0 Å². The maximum Gasteiger partial charge on any atom is 0.416 e. The number of rotatable bonds is 4. The van der Waals surface area contributed by atoms with Crippen molar-refractivity contribution in [1.82, 2.24) is 0 Å². The van der Waals surface area contributed by atoms with Gasteiger partial charge in [0.05, 0.1) is 16.5 Å². The summed E-state index contributed by atoms with van der Waals surface area (Å²) in [5.74, 6) is -1.99. The standard InChI is InChI=1S/C13H13F3N2O3/c14-13(15,16)8-3-7(10(19)20)4-9(5-8)18-11(21)12(6-17)1-2-12/h3-5H,1-2,6,17H2,(H,18,21)(H,19,20). The third-order valence-corrected chi connectivity index (χ3v) is 3.49. The lowest BCUT2D eigenvalue weighted by Gasteiger charge is -2.15. The SMILES string of the molecule is NCC1(C(=O)Nc2cc(C(=O)O)cc(C(F)(F)F)c2)CC1. The lowest BCUT2D eigenvalue weighted by molar-refractivity contribution is -0.137. The Balaban J connectivity index is 2.32. The molecule has 4 N–H and O–H groups in total. The van der Waals surface area contributed by atoms with Gasteiger partial charge >= 0.3 is 12.1 Å². The summed E-state index contributed by atoms with van der Waals surface area (Å²) >= 11 is 0. The molecule has 0 bridgehead atoms. The van der Waals surface area contributed by atoms with E-state index in [2.05, 4.69) is 5.32 Å². The molecule has 0 aromatic heterocycles. The molecule has 0 spiro atoms. The number of hydrogen-bond donors (Lipinski definition) is 3. The highest BCUT2D eigenvalue weighted by Gasteiger charge is 2.48. The van der Waals surface area contributed by atoms with Gasteiger partial charge in [0.15, 0.2) is 0 Å². The predicted octanol–water partition coefficient (Wildman–Crippen LogP) is 2.08. The Labute approximate surface area is 117 Å². The van der Waals surface area contributed by atoms with Crippen molar-refractivity contribution in [3.63, 3.8) is 0 Å². The third-order valence-electron chi connectivity index (χ3n) is 3.49. The summed E-state index contributed by atoms with van der Waals surface area (Å²) in [6.45, 7) is 0.101. The molecule has 0 unspecified atom stereocenters. The smallest absolute Gasteiger partial charge is 0.416 e. The molecular formula is C13H13F3N2O3. The fraction of sp³-hybridized carbons (Fsp3) is 0.385. The van der Waals surface area contributed by atoms with Crippen LogP contribution in [0.3, 0.4) is 0 Å². The highest BCUT2D eigenvalue weighted by atomic mass is 19.4. The van der Waals surface area contributed by atoms with Gasteiger partial charge in [-0.25, -0.2) is 4.79 Å². The number of amides is 1. The van der Waals surface area contributed by atoms with Crippen molar-refractivity contribution in [1.29, 1.82) is 0 Å². The van der Waals surface area contributed by atoms with Crippen LogP contribution >= 0.6 is 0 Å². The number of carbonyl (C=O) groups excluding carboxylic acids is 1. The largest absolute Gasteiger partial charge is 0.478 e. The van der Waals surface area contributed by atoms with E-state index in [1.54, 1.807) is 0 Å². The molecule has 1 fully saturated rings. The van der Waals surface area contributed by atoms with Crippen molar-refractivity contribution in [2.75, 3.05) is 11.9 Å². The van der Waals surface area contributed by atoms with E-state index in [0.29, 0.717) is 25.0 Å². The number of halogens is 3. The number of carboxylic acid groups (broad SMARTS) is 1. The highest BCUT2D eigenvalue weighted by Crippen LogP contribution is 2.45. The fourth-order valence-corrected chi connectivity index (χ4v) is 1.93. The maximum absolute atomic E-state index is 12.7. The second-order valence-electron chi connectivity index (χ2n) is 5.04. The zero-order valence-electron chi connectivity index (χ0n) is 10.8. The van der Waals surface area contributed by atoms with E-state index in [1.807, 2.05) is 0 Å². The molecule has 0 radical (unpaired) electrons. The van der Waals surface area contributed by atoms with Crippen LogP contribution in [0.1, 0.15) is 28.8 Å². The maximum atomic E-state index is 12.7. The summed E-state index contributed by atoms with van der Waals surface area (Å²) < 4.78 is 38.2. The van der Waals surface area contributed by atoms with Crippen LogP contribution < -0.4 is 11.1 Å². The molecule has 2 rings (SSSR count). The Hall–Kier alpha value is -2.09. The van der Waals surface area contributed by atoms with Gasteiger partial charge in [0.2, 0.25) is 5.91 Å². The number of nitrogens with one attached hydrogen (secondary N) is 1. The number of alkyl halides is 3. The van der Waals surface area contributed by atoms with Crippen molar-refractivity contribution < 1.29 is 27.9 Å². The number of carboxylic acids is 1. The lowest BCUT2D eigenvalue weighted by Crippen LogP contribution is -2.31. The van der Waals surface area contributed by atoms with E-state index in [4.69, 9.17) is 10.8 Å². The van der Waals surface area contributed by atoms with Crippen molar-refractivity contribution in [3.8, 4) is 0 Å². The predicted molar refractivity (Wildman–Crippen MR) is 67.8 cm³/mol. The highest BCUT2D eigenvalue weighted by molar-refractivity contribution is 5.98. The number of hydrogen-bond acceptors (Lipinski definition) is 3. The summed E-state index contributed by atoms with van der Waals surface area (Å²) in [5.41, 5.74) is 2.85. The molecule has 1 aromatic rings. The Morgan fingerprint density at radius 2 is 1.90 bits per heavy atom. The molecule has 0 heterocycles. The number of aromatic carboxylic acids is 1. The summed E-state index contributed by atoms with van der Waals surface area (Å²) in [6.07, 6.45) is -3.56. The van der Waals surface area contributed by atoms with Gasteiger partial charge in [-0.1, -0.05) is 0 Å². The minimum Gasteiger partial charge on any atom is -0.478 e. The quantitative estimate of drug-likeness (QED) is 0.794.